The van der Waals surface area contributed by atoms with Crippen molar-refractivity contribution < 1.29 is 4.79 Å². The molecule has 0 radical (unpaired) electrons. The van der Waals surface area contributed by atoms with Crippen molar-refractivity contribution in [1.82, 2.24) is 16.0 Å². The quantitative estimate of drug-likeness (QED) is 0.272. The van der Waals surface area contributed by atoms with E-state index in [-0.39, 0.29) is 11.9 Å². The Hall–Kier alpha value is -0.690. The number of rotatable bonds is 15. The largest absolute Gasteiger partial charge is 0.355 e. The van der Waals surface area contributed by atoms with Crippen LogP contribution in [0.4, 0.5) is 0 Å². The van der Waals surface area contributed by atoms with Crippen molar-refractivity contribution in [2.45, 2.75) is 51.5 Å². The van der Waals surface area contributed by atoms with Gasteiger partial charge in [-0.15, -0.1) is 0 Å². The van der Waals surface area contributed by atoms with Gasteiger partial charge in [-0.25, -0.2) is 0 Å². The number of amides is 1. The number of nitrogens with one attached hydrogen (secondary N) is 3. The van der Waals surface area contributed by atoms with Crippen molar-refractivity contribution in [2.24, 2.45) is 11.5 Å². The van der Waals surface area contributed by atoms with Crippen molar-refractivity contribution in [2.75, 3.05) is 39.3 Å². The van der Waals surface area contributed by atoms with E-state index in [1.54, 1.807) is 0 Å². The molecule has 0 aliphatic rings. The summed E-state index contributed by atoms with van der Waals surface area (Å²) >= 11 is 0. The number of hydrogen-bond donors (Lipinski definition) is 5. The van der Waals surface area contributed by atoms with E-state index in [2.05, 4.69) is 22.9 Å². The molecule has 6 heteroatoms. The molecule has 0 saturated heterocycles. The lowest BCUT2D eigenvalue weighted by atomic mass is 10.1. The third kappa shape index (κ3) is 12.7. The van der Waals surface area contributed by atoms with E-state index in [1.807, 2.05) is 0 Å². The lowest BCUT2D eigenvalue weighted by Crippen LogP contribution is -2.45. The summed E-state index contributed by atoms with van der Waals surface area (Å²) in [6.07, 6.45) is 5.84. The summed E-state index contributed by atoms with van der Waals surface area (Å²) in [5.74, 6) is 0.113. The van der Waals surface area contributed by atoms with Crippen LogP contribution in [0.25, 0.3) is 0 Å². The molecule has 0 fully saturated rings. The van der Waals surface area contributed by atoms with Crippen LogP contribution < -0.4 is 27.4 Å². The first-order valence-electron chi connectivity index (χ1n) is 8.38. The van der Waals surface area contributed by atoms with Crippen molar-refractivity contribution >= 4 is 5.91 Å². The van der Waals surface area contributed by atoms with E-state index >= 15 is 0 Å². The van der Waals surface area contributed by atoms with Crippen LogP contribution in [-0.4, -0.2) is 51.2 Å². The molecule has 7 N–H and O–H groups in total. The second-order valence-corrected chi connectivity index (χ2v) is 5.33. The lowest BCUT2D eigenvalue weighted by Gasteiger charge is -2.18. The van der Waals surface area contributed by atoms with Crippen LogP contribution in [0.5, 0.6) is 0 Å². The third-order valence-corrected chi connectivity index (χ3v) is 3.32. The highest BCUT2D eigenvalue weighted by molar-refractivity contribution is 5.81. The molecule has 1 atom stereocenters. The van der Waals surface area contributed by atoms with Gasteiger partial charge in [0.1, 0.15) is 0 Å². The highest BCUT2D eigenvalue weighted by Gasteiger charge is 2.16. The van der Waals surface area contributed by atoms with Crippen LogP contribution >= 0.6 is 0 Å². The zero-order chi connectivity index (χ0) is 15.8. The molecule has 0 aliphatic heterocycles. The van der Waals surface area contributed by atoms with Crippen molar-refractivity contribution in [3.8, 4) is 0 Å². The van der Waals surface area contributed by atoms with Gasteiger partial charge >= 0.3 is 0 Å². The predicted molar refractivity (Wildman–Crippen MR) is 89.2 cm³/mol. The molecule has 0 rings (SSSR count). The van der Waals surface area contributed by atoms with E-state index in [0.717, 1.165) is 71.2 Å². The van der Waals surface area contributed by atoms with Crippen molar-refractivity contribution in [1.29, 1.82) is 0 Å². The Bertz CT molecular complexity index is 238. The summed E-state index contributed by atoms with van der Waals surface area (Å²) < 4.78 is 0. The van der Waals surface area contributed by atoms with Crippen molar-refractivity contribution in [3.05, 3.63) is 0 Å². The van der Waals surface area contributed by atoms with Gasteiger partial charge in [0.25, 0.3) is 0 Å². The summed E-state index contributed by atoms with van der Waals surface area (Å²) in [4.78, 5) is 12.1. The maximum atomic E-state index is 12.1. The number of hydrogen-bond acceptors (Lipinski definition) is 5. The fraction of sp³-hybridized carbons (Fsp3) is 0.933. The summed E-state index contributed by atoms with van der Waals surface area (Å²) in [6.45, 7) is 6.92. The minimum atomic E-state index is -0.107. The number of carbonyl (C=O) groups is 1. The fourth-order valence-corrected chi connectivity index (χ4v) is 2.00. The summed E-state index contributed by atoms with van der Waals surface area (Å²) in [7, 11) is 0. The average molecular weight is 301 g/mol. The maximum absolute atomic E-state index is 12.1. The zero-order valence-electron chi connectivity index (χ0n) is 13.6. The monoisotopic (exact) mass is 301 g/mol. The Morgan fingerprint density at radius 3 is 2.29 bits per heavy atom. The van der Waals surface area contributed by atoms with Crippen LogP contribution in [0.3, 0.4) is 0 Å². The van der Waals surface area contributed by atoms with Gasteiger partial charge < -0.3 is 27.4 Å². The summed E-state index contributed by atoms with van der Waals surface area (Å²) in [6, 6.07) is -0.107. The average Bonchev–Trinajstić information content (AvgIpc) is 2.49. The van der Waals surface area contributed by atoms with E-state index in [9.17, 15) is 4.79 Å². The zero-order valence-corrected chi connectivity index (χ0v) is 13.6. The Morgan fingerprint density at radius 1 is 0.952 bits per heavy atom. The highest BCUT2D eigenvalue weighted by atomic mass is 16.2. The first kappa shape index (κ1) is 20.3. The van der Waals surface area contributed by atoms with Crippen LogP contribution in [0.1, 0.15) is 45.4 Å². The lowest BCUT2D eigenvalue weighted by molar-refractivity contribution is -0.123. The van der Waals surface area contributed by atoms with Crippen LogP contribution in [-0.2, 0) is 4.79 Å². The molecular formula is C15H35N5O. The molecular weight excluding hydrogens is 266 g/mol. The summed E-state index contributed by atoms with van der Waals surface area (Å²) in [5.41, 5.74) is 10.9. The van der Waals surface area contributed by atoms with Crippen LogP contribution in [0, 0.1) is 0 Å². The molecule has 0 aliphatic carbocycles. The highest BCUT2D eigenvalue weighted by Crippen LogP contribution is 1.98. The molecule has 0 aromatic heterocycles. The van der Waals surface area contributed by atoms with Crippen LogP contribution in [0.15, 0.2) is 0 Å². The predicted octanol–water partition coefficient (Wildman–Crippen LogP) is -0.0717. The summed E-state index contributed by atoms with van der Waals surface area (Å²) in [5, 5.41) is 9.65. The molecule has 1 unspecified atom stereocenters. The molecule has 126 valence electrons. The molecule has 0 heterocycles. The third-order valence-electron chi connectivity index (χ3n) is 3.32. The first-order chi connectivity index (χ1) is 10.3. The molecule has 0 saturated carbocycles. The van der Waals surface area contributed by atoms with Gasteiger partial charge in [-0.2, -0.15) is 0 Å². The fourth-order valence-electron chi connectivity index (χ4n) is 2.00. The number of carbonyl (C=O) groups excluding carboxylic acids is 1. The molecule has 0 spiro atoms. The van der Waals surface area contributed by atoms with E-state index in [1.165, 1.54) is 0 Å². The van der Waals surface area contributed by atoms with Gasteiger partial charge in [0, 0.05) is 6.54 Å². The second kappa shape index (κ2) is 15.7. The first-order valence-corrected chi connectivity index (χ1v) is 8.38. The van der Waals surface area contributed by atoms with E-state index < -0.39 is 0 Å². The Labute approximate surface area is 129 Å². The standard InChI is InChI=1S/C15H35N5O/c1-2-3-12-20-15(21)14(19-13-6-9-17)7-4-10-18-11-5-8-16/h14,18-19H,2-13,16-17H2,1H3,(H,20,21). The van der Waals surface area contributed by atoms with Gasteiger partial charge in [-0.05, 0) is 64.8 Å². The van der Waals surface area contributed by atoms with E-state index in [4.69, 9.17) is 11.5 Å². The van der Waals surface area contributed by atoms with Crippen LogP contribution in [0.2, 0.25) is 0 Å². The number of nitrogens with two attached hydrogens (primary N) is 2. The normalized spacial score (nSPS) is 12.3. The van der Waals surface area contributed by atoms with Gasteiger partial charge in [0.05, 0.1) is 6.04 Å². The molecule has 0 aromatic rings. The molecule has 6 nitrogen and oxygen atoms in total. The molecule has 0 bridgehead atoms. The topological polar surface area (TPSA) is 105 Å². The molecule has 1 amide bonds. The molecule has 21 heavy (non-hydrogen) atoms. The SMILES string of the molecule is CCCCNC(=O)C(CCCNCCCN)NCCCN. The van der Waals surface area contributed by atoms with E-state index in [0.29, 0.717) is 6.54 Å². The van der Waals surface area contributed by atoms with Gasteiger partial charge in [0.15, 0.2) is 0 Å². The Kier molecular flexibility index (Phi) is 15.2. The van der Waals surface area contributed by atoms with Crippen molar-refractivity contribution in [3.63, 3.8) is 0 Å². The number of unbranched alkanes of at least 4 members (excludes halogenated alkanes) is 1. The maximum Gasteiger partial charge on any atom is 0.237 e. The van der Waals surface area contributed by atoms with Gasteiger partial charge in [-0.1, -0.05) is 13.3 Å². The minimum Gasteiger partial charge on any atom is -0.355 e. The Morgan fingerprint density at radius 2 is 1.62 bits per heavy atom. The second-order valence-electron chi connectivity index (χ2n) is 5.33. The smallest absolute Gasteiger partial charge is 0.237 e. The van der Waals surface area contributed by atoms with Gasteiger partial charge in [-0.3, -0.25) is 4.79 Å². The minimum absolute atomic E-state index is 0.107. The van der Waals surface area contributed by atoms with Gasteiger partial charge in [0.2, 0.25) is 5.91 Å². The Balaban J connectivity index is 3.91. The molecule has 0 aromatic carbocycles.